The molecule has 1 rings (SSSR count). The molecule has 0 aliphatic carbocycles. The Morgan fingerprint density at radius 2 is 2.10 bits per heavy atom. The summed E-state index contributed by atoms with van der Waals surface area (Å²) in [6.07, 6.45) is 1.53. The molecule has 0 saturated heterocycles. The number of aromatic nitrogens is 1. The average Bonchev–Trinajstić information content (AvgIpc) is 2.11. The SMILES string of the molecule is CC(C)(C)c1oncc1N. The van der Waals surface area contributed by atoms with Gasteiger partial charge in [-0.25, -0.2) is 0 Å². The number of nitrogens with zero attached hydrogens (tertiary/aromatic N) is 1. The Kier molecular flexibility index (Phi) is 1.43. The zero-order valence-electron chi connectivity index (χ0n) is 6.51. The minimum atomic E-state index is -0.0411. The van der Waals surface area contributed by atoms with E-state index in [0.29, 0.717) is 5.69 Å². The highest BCUT2D eigenvalue weighted by Crippen LogP contribution is 2.26. The lowest BCUT2D eigenvalue weighted by Gasteiger charge is -2.13. The summed E-state index contributed by atoms with van der Waals surface area (Å²) in [7, 11) is 0. The van der Waals surface area contributed by atoms with Crippen LogP contribution in [0.5, 0.6) is 0 Å². The fraction of sp³-hybridized carbons (Fsp3) is 0.571. The second-order valence-electron chi connectivity index (χ2n) is 3.36. The van der Waals surface area contributed by atoms with E-state index >= 15 is 0 Å². The van der Waals surface area contributed by atoms with Crippen LogP contribution in [0.4, 0.5) is 5.69 Å². The zero-order valence-corrected chi connectivity index (χ0v) is 6.51. The van der Waals surface area contributed by atoms with E-state index in [0.717, 1.165) is 5.76 Å². The predicted molar refractivity (Wildman–Crippen MR) is 39.6 cm³/mol. The first kappa shape index (κ1) is 7.12. The molecule has 0 spiro atoms. The van der Waals surface area contributed by atoms with Gasteiger partial charge in [-0.05, 0) is 0 Å². The lowest BCUT2D eigenvalue weighted by molar-refractivity contribution is 0.330. The molecule has 0 aliphatic rings. The summed E-state index contributed by atoms with van der Waals surface area (Å²) in [6, 6.07) is 0. The van der Waals surface area contributed by atoms with E-state index in [-0.39, 0.29) is 5.41 Å². The number of rotatable bonds is 0. The highest BCUT2D eigenvalue weighted by Gasteiger charge is 2.21. The van der Waals surface area contributed by atoms with E-state index in [2.05, 4.69) is 5.16 Å². The van der Waals surface area contributed by atoms with Crippen LogP contribution in [-0.4, -0.2) is 5.16 Å². The van der Waals surface area contributed by atoms with Crippen LogP contribution in [0.25, 0.3) is 0 Å². The van der Waals surface area contributed by atoms with Crippen molar-refractivity contribution in [2.24, 2.45) is 0 Å². The summed E-state index contributed by atoms with van der Waals surface area (Å²) in [6.45, 7) is 6.09. The molecule has 0 aromatic carbocycles. The minimum absolute atomic E-state index is 0.0411. The maximum absolute atomic E-state index is 5.57. The van der Waals surface area contributed by atoms with Gasteiger partial charge in [0.1, 0.15) is 0 Å². The summed E-state index contributed by atoms with van der Waals surface area (Å²) in [5.74, 6) is 0.757. The normalized spacial score (nSPS) is 11.9. The van der Waals surface area contributed by atoms with Crippen molar-refractivity contribution < 1.29 is 4.52 Å². The molecule has 0 unspecified atom stereocenters. The Balaban J connectivity index is 3.05. The zero-order chi connectivity index (χ0) is 7.78. The molecule has 10 heavy (non-hydrogen) atoms. The molecule has 0 atom stereocenters. The summed E-state index contributed by atoms with van der Waals surface area (Å²) in [5, 5.41) is 3.59. The molecule has 1 aromatic heterocycles. The predicted octanol–water partition coefficient (Wildman–Crippen LogP) is 1.55. The van der Waals surface area contributed by atoms with E-state index in [1.807, 2.05) is 20.8 Å². The van der Waals surface area contributed by atoms with Gasteiger partial charge in [0.15, 0.2) is 5.76 Å². The molecule has 0 aliphatic heterocycles. The third kappa shape index (κ3) is 1.12. The Morgan fingerprint density at radius 3 is 2.30 bits per heavy atom. The van der Waals surface area contributed by atoms with Gasteiger partial charge in [-0.2, -0.15) is 0 Å². The van der Waals surface area contributed by atoms with Crippen molar-refractivity contribution in [3.63, 3.8) is 0 Å². The van der Waals surface area contributed by atoms with E-state index in [1.54, 1.807) is 0 Å². The van der Waals surface area contributed by atoms with Gasteiger partial charge in [0.2, 0.25) is 0 Å². The summed E-state index contributed by atoms with van der Waals surface area (Å²) >= 11 is 0. The van der Waals surface area contributed by atoms with Crippen LogP contribution in [0, 0.1) is 0 Å². The maximum Gasteiger partial charge on any atom is 0.164 e. The van der Waals surface area contributed by atoms with Crippen LogP contribution in [0.2, 0.25) is 0 Å². The Bertz CT molecular complexity index is 222. The number of hydrogen-bond acceptors (Lipinski definition) is 3. The molecular weight excluding hydrogens is 128 g/mol. The summed E-state index contributed by atoms with van der Waals surface area (Å²) in [5.41, 5.74) is 6.16. The quantitative estimate of drug-likeness (QED) is 0.594. The van der Waals surface area contributed by atoms with Crippen molar-refractivity contribution >= 4 is 5.69 Å². The van der Waals surface area contributed by atoms with E-state index < -0.39 is 0 Å². The van der Waals surface area contributed by atoms with Gasteiger partial charge in [-0.15, -0.1) is 0 Å². The maximum atomic E-state index is 5.57. The number of nitrogens with two attached hydrogens (primary N) is 1. The molecule has 1 aromatic rings. The molecule has 3 heteroatoms. The number of hydrogen-bond donors (Lipinski definition) is 1. The van der Waals surface area contributed by atoms with Gasteiger partial charge in [0.05, 0.1) is 11.9 Å². The van der Waals surface area contributed by atoms with E-state index in [1.165, 1.54) is 6.20 Å². The van der Waals surface area contributed by atoms with Crippen LogP contribution in [-0.2, 0) is 5.41 Å². The van der Waals surface area contributed by atoms with E-state index in [4.69, 9.17) is 10.3 Å². The average molecular weight is 140 g/mol. The molecule has 0 saturated carbocycles. The lowest BCUT2D eigenvalue weighted by Crippen LogP contribution is -2.11. The van der Waals surface area contributed by atoms with Crippen LogP contribution in [0.15, 0.2) is 10.7 Å². The first-order valence-corrected chi connectivity index (χ1v) is 3.22. The molecule has 1 heterocycles. The topological polar surface area (TPSA) is 52.0 Å². The second-order valence-corrected chi connectivity index (χ2v) is 3.36. The van der Waals surface area contributed by atoms with Crippen molar-refractivity contribution in [1.82, 2.24) is 5.16 Å². The van der Waals surface area contributed by atoms with Gasteiger partial charge in [-0.3, -0.25) is 0 Å². The van der Waals surface area contributed by atoms with Crippen LogP contribution in [0.3, 0.4) is 0 Å². The molecular formula is C7H12N2O. The largest absolute Gasteiger partial charge is 0.395 e. The fourth-order valence-electron chi connectivity index (χ4n) is 0.817. The standard InChI is InChI=1S/C7H12N2O/c1-7(2,3)6-5(8)4-9-10-6/h4H,8H2,1-3H3. The van der Waals surface area contributed by atoms with Gasteiger partial charge in [-0.1, -0.05) is 25.9 Å². The number of nitrogen functional groups attached to an aromatic ring is 1. The Labute approximate surface area is 60.2 Å². The van der Waals surface area contributed by atoms with Crippen molar-refractivity contribution in [2.45, 2.75) is 26.2 Å². The minimum Gasteiger partial charge on any atom is -0.395 e. The molecule has 0 fully saturated rings. The van der Waals surface area contributed by atoms with Crippen LogP contribution >= 0.6 is 0 Å². The van der Waals surface area contributed by atoms with Crippen molar-refractivity contribution in [3.8, 4) is 0 Å². The monoisotopic (exact) mass is 140 g/mol. The highest BCUT2D eigenvalue weighted by atomic mass is 16.5. The third-order valence-electron chi connectivity index (χ3n) is 1.28. The first-order chi connectivity index (χ1) is 4.52. The van der Waals surface area contributed by atoms with Crippen LogP contribution < -0.4 is 5.73 Å². The van der Waals surface area contributed by atoms with Crippen molar-refractivity contribution in [3.05, 3.63) is 12.0 Å². The first-order valence-electron chi connectivity index (χ1n) is 3.22. The second kappa shape index (κ2) is 2.01. The summed E-state index contributed by atoms with van der Waals surface area (Å²) < 4.78 is 4.95. The smallest absolute Gasteiger partial charge is 0.164 e. The lowest BCUT2D eigenvalue weighted by atomic mass is 9.93. The molecule has 0 bridgehead atoms. The van der Waals surface area contributed by atoms with Crippen molar-refractivity contribution in [1.29, 1.82) is 0 Å². The number of anilines is 1. The molecule has 2 N–H and O–H groups in total. The molecule has 3 nitrogen and oxygen atoms in total. The molecule has 0 radical (unpaired) electrons. The van der Waals surface area contributed by atoms with Gasteiger partial charge in [0, 0.05) is 5.41 Å². The Morgan fingerprint density at radius 1 is 1.50 bits per heavy atom. The van der Waals surface area contributed by atoms with Crippen molar-refractivity contribution in [2.75, 3.05) is 5.73 Å². The molecule has 0 amide bonds. The van der Waals surface area contributed by atoms with Crippen LogP contribution in [0.1, 0.15) is 26.5 Å². The van der Waals surface area contributed by atoms with E-state index in [9.17, 15) is 0 Å². The van der Waals surface area contributed by atoms with Gasteiger partial charge >= 0.3 is 0 Å². The summed E-state index contributed by atoms with van der Waals surface area (Å²) in [4.78, 5) is 0. The van der Waals surface area contributed by atoms with Gasteiger partial charge in [0.25, 0.3) is 0 Å². The third-order valence-corrected chi connectivity index (χ3v) is 1.28. The highest BCUT2D eigenvalue weighted by molar-refractivity contribution is 5.41. The Hall–Kier alpha value is -0.990. The molecule has 56 valence electrons. The fourth-order valence-corrected chi connectivity index (χ4v) is 0.817. The van der Waals surface area contributed by atoms with Gasteiger partial charge < -0.3 is 10.3 Å².